The van der Waals surface area contributed by atoms with Crippen LogP contribution in [0.4, 0.5) is 0 Å². The van der Waals surface area contributed by atoms with Gasteiger partial charge in [-0.3, -0.25) is 0 Å². The van der Waals surface area contributed by atoms with Crippen LogP contribution in [0.5, 0.6) is 0 Å². The molecular weight excluding hydrogens is 320 g/mol. The molecule has 0 aliphatic rings. The van der Waals surface area contributed by atoms with E-state index in [0.717, 1.165) is 23.0 Å². The summed E-state index contributed by atoms with van der Waals surface area (Å²) < 4.78 is 0. The predicted octanol–water partition coefficient (Wildman–Crippen LogP) is 5.07. The molecule has 0 nitrogen and oxygen atoms in total. The number of benzene rings is 2. The van der Waals surface area contributed by atoms with E-state index in [1.807, 2.05) is 0 Å². The quantitative estimate of drug-likeness (QED) is 0.537. The van der Waals surface area contributed by atoms with Gasteiger partial charge >= 0.3 is 0 Å². The Balaban J connectivity index is 2.54. The Bertz CT molecular complexity index is 495. The maximum Gasteiger partial charge on any atom is 0.0154 e. The van der Waals surface area contributed by atoms with Crippen LogP contribution in [0.1, 0.15) is 22.3 Å². The average molecular weight is 339 g/mol. The lowest BCUT2D eigenvalue weighted by Crippen LogP contribution is -1.91. The van der Waals surface area contributed by atoms with Crippen molar-refractivity contribution in [1.29, 1.82) is 0 Å². The molecule has 0 fully saturated rings. The highest BCUT2D eigenvalue weighted by Gasteiger charge is 2.05. The highest BCUT2D eigenvalue weighted by Crippen LogP contribution is 2.27. The Morgan fingerprint density at radius 2 is 0.700 bits per heavy atom. The second-order valence-electron chi connectivity index (χ2n) is 4.71. The summed E-state index contributed by atoms with van der Waals surface area (Å²) in [4.78, 5) is 0. The first kappa shape index (κ1) is 16.2. The van der Waals surface area contributed by atoms with E-state index in [1.165, 1.54) is 33.4 Å². The number of hydrogen-bond donors (Lipinski definition) is 4. The van der Waals surface area contributed by atoms with E-state index in [-0.39, 0.29) is 0 Å². The molecule has 0 unspecified atom stereocenters. The molecular formula is C16H18S4. The molecule has 0 heterocycles. The van der Waals surface area contributed by atoms with Crippen LogP contribution in [-0.4, -0.2) is 0 Å². The third-order valence-corrected chi connectivity index (χ3v) is 4.63. The fourth-order valence-corrected chi connectivity index (χ4v) is 2.95. The summed E-state index contributed by atoms with van der Waals surface area (Å²) in [6.45, 7) is 0. The summed E-state index contributed by atoms with van der Waals surface area (Å²) >= 11 is 17.5. The van der Waals surface area contributed by atoms with Crippen LogP contribution >= 0.6 is 50.5 Å². The van der Waals surface area contributed by atoms with Gasteiger partial charge < -0.3 is 0 Å². The van der Waals surface area contributed by atoms with Gasteiger partial charge in [0, 0.05) is 23.0 Å². The molecule has 0 N–H and O–H groups in total. The monoisotopic (exact) mass is 338 g/mol. The maximum absolute atomic E-state index is 4.38. The Morgan fingerprint density at radius 1 is 0.450 bits per heavy atom. The van der Waals surface area contributed by atoms with Crippen LogP contribution < -0.4 is 0 Å². The van der Waals surface area contributed by atoms with Crippen LogP contribution in [0.25, 0.3) is 11.1 Å². The van der Waals surface area contributed by atoms with Crippen molar-refractivity contribution in [2.75, 3.05) is 0 Å². The highest BCUT2D eigenvalue weighted by molar-refractivity contribution is 7.79. The molecule has 0 aromatic heterocycles. The Hall–Kier alpha value is -0.160. The predicted molar refractivity (Wildman–Crippen MR) is 103 cm³/mol. The summed E-state index contributed by atoms with van der Waals surface area (Å²) in [6.07, 6.45) is 0. The van der Waals surface area contributed by atoms with E-state index in [0.29, 0.717) is 0 Å². The number of rotatable bonds is 5. The SMILES string of the molecule is SCc1cc(CS)cc(-c2cc(CS)cc(CS)c2)c1. The van der Waals surface area contributed by atoms with Crippen LogP contribution in [-0.2, 0) is 23.0 Å². The van der Waals surface area contributed by atoms with Gasteiger partial charge in [-0.25, -0.2) is 0 Å². The summed E-state index contributed by atoms with van der Waals surface area (Å²) in [5.41, 5.74) is 7.31. The van der Waals surface area contributed by atoms with Gasteiger partial charge in [-0.1, -0.05) is 36.4 Å². The van der Waals surface area contributed by atoms with Crippen molar-refractivity contribution in [2.24, 2.45) is 0 Å². The van der Waals surface area contributed by atoms with Gasteiger partial charge in [0.05, 0.1) is 0 Å². The van der Waals surface area contributed by atoms with E-state index >= 15 is 0 Å². The zero-order valence-corrected chi connectivity index (χ0v) is 14.7. The van der Waals surface area contributed by atoms with Crippen molar-refractivity contribution in [3.63, 3.8) is 0 Å². The van der Waals surface area contributed by atoms with Crippen LogP contribution in [0.15, 0.2) is 36.4 Å². The molecule has 2 aromatic carbocycles. The fourth-order valence-electron chi connectivity index (χ4n) is 2.22. The number of hydrogen-bond acceptors (Lipinski definition) is 4. The van der Waals surface area contributed by atoms with Crippen molar-refractivity contribution in [3.05, 3.63) is 58.7 Å². The molecule has 0 saturated carbocycles. The van der Waals surface area contributed by atoms with Crippen molar-refractivity contribution in [2.45, 2.75) is 23.0 Å². The lowest BCUT2D eigenvalue weighted by Gasteiger charge is -2.11. The summed E-state index contributed by atoms with van der Waals surface area (Å²) in [6, 6.07) is 13.1. The molecule has 0 aliphatic heterocycles. The molecule has 2 aromatic rings. The third-order valence-electron chi connectivity index (χ3n) is 3.17. The minimum absolute atomic E-state index is 0.736. The summed E-state index contributed by atoms with van der Waals surface area (Å²) in [5.74, 6) is 2.95. The molecule has 0 spiro atoms. The standard InChI is InChI=1S/C16H18S4/c17-7-11-1-12(8-18)4-15(3-11)16-5-13(9-19)2-14(6-16)10-20/h1-6,17-20H,7-10H2. The smallest absolute Gasteiger partial charge is 0.0154 e. The van der Waals surface area contributed by atoms with E-state index in [1.54, 1.807) is 0 Å². The van der Waals surface area contributed by atoms with Gasteiger partial charge in [0.2, 0.25) is 0 Å². The van der Waals surface area contributed by atoms with Gasteiger partial charge in [0.15, 0.2) is 0 Å². The largest absolute Gasteiger partial charge is 0.175 e. The fraction of sp³-hybridized carbons (Fsp3) is 0.250. The molecule has 0 atom stereocenters. The van der Waals surface area contributed by atoms with E-state index < -0.39 is 0 Å². The van der Waals surface area contributed by atoms with Gasteiger partial charge in [0.1, 0.15) is 0 Å². The second-order valence-corrected chi connectivity index (χ2v) is 5.97. The lowest BCUT2D eigenvalue weighted by molar-refractivity contribution is 1.31. The molecule has 4 heteroatoms. The van der Waals surface area contributed by atoms with Crippen molar-refractivity contribution >= 4 is 50.5 Å². The summed E-state index contributed by atoms with van der Waals surface area (Å²) in [7, 11) is 0. The first-order chi connectivity index (χ1) is 9.69. The lowest BCUT2D eigenvalue weighted by atomic mass is 9.97. The second kappa shape index (κ2) is 7.74. The summed E-state index contributed by atoms with van der Waals surface area (Å²) in [5, 5.41) is 0. The first-order valence-electron chi connectivity index (χ1n) is 6.39. The third kappa shape index (κ3) is 3.94. The van der Waals surface area contributed by atoms with Crippen molar-refractivity contribution in [1.82, 2.24) is 0 Å². The van der Waals surface area contributed by atoms with Gasteiger partial charge in [-0.15, -0.1) is 0 Å². The molecule has 0 radical (unpaired) electrons. The Labute approximate surface area is 143 Å². The zero-order chi connectivity index (χ0) is 14.5. The molecule has 20 heavy (non-hydrogen) atoms. The molecule has 0 aliphatic carbocycles. The van der Waals surface area contributed by atoms with E-state index in [2.05, 4.69) is 86.9 Å². The highest BCUT2D eigenvalue weighted by atomic mass is 32.1. The van der Waals surface area contributed by atoms with Gasteiger partial charge in [-0.2, -0.15) is 50.5 Å². The molecule has 0 amide bonds. The minimum atomic E-state index is 0.736. The number of thiol groups is 4. The van der Waals surface area contributed by atoms with E-state index in [4.69, 9.17) is 0 Å². The molecule has 0 bridgehead atoms. The van der Waals surface area contributed by atoms with Gasteiger partial charge in [0.25, 0.3) is 0 Å². The molecule has 0 saturated heterocycles. The molecule has 106 valence electrons. The first-order valence-corrected chi connectivity index (χ1v) is 8.92. The van der Waals surface area contributed by atoms with Crippen molar-refractivity contribution < 1.29 is 0 Å². The Kier molecular flexibility index (Phi) is 6.27. The molecule has 2 rings (SSSR count). The Morgan fingerprint density at radius 3 is 0.900 bits per heavy atom. The normalized spacial score (nSPS) is 10.8. The average Bonchev–Trinajstić information content (AvgIpc) is 2.53. The van der Waals surface area contributed by atoms with Crippen LogP contribution in [0, 0.1) is 0 Å². The van der Waals surface area contributed by atoms with E-state index in [9.17, 15) is 0 Å². The van der Waals surface area contributed by atoms with Crippen molar-refractivity contribution in [3.8, 4) is 11.1 Å². The van der Waals surface area contributed by atoms with Crippen LogP contribution in [0.3, 0.4) is 0 Å². The zero-order valence-electron chi connectivity index (χ0n) is 11.1. The maximum atomic E-state index is 4.38. The minimum Gasteiger partial charge on any atom is -0.175 e. The van der Waals surface area contributed by atoms with Gasteiger partial charge in [-0.05, 0) is 33.4 Å². The van der Waals surface area contributed by atoms with Crippen LogP contribution in [0.2, 0.25) is 0 Å². The topological polar surface area (TPSA) is 0 Å².